The normalized spacial score (nSPS) is 16.3. The maximum atomic E-state index is 6.06. The third kappa shape index (κ3) is 2.26. The van der Waals surface area contributed by atoms with E-state index in [4.69, 9.17) is 10.3 Å². The number of rotatable bonds is 2. The number of nitrogens with two attached hydrogens (primary N) is 1. The lowest BCUT2D eigenvalue weighted by Crippen LogP contribution is -2.31. The number of para-hydroxylation sites is 2. The Labute approximate surface area is 155 Å². The van der Waals surface area contributed by atoms with E-state index in [1.54, 1.807) is 0 Å². The van der Waals surface area contributed by atoms with Gasteiger partial charge in [-0.25, -0.2) is 9.98 Å². The topological polar surface area (TPSA) is 99.2 Å². The van der Waals surface area contributed by atoms with E-state index in [-0.39, 0.29) is 6.17 Å². The predicted molar refractivity (Wildman–Crippen MR) is 103 cm³/mol. The molecular weight excluding hydrogens is 342 g/mol. The van der Waals surface area contributed by atoms with E-state index >= 15 is 0 Å². The lowest BCUT2D eigenvalue weighted by Gasteiger charge is -2.23. The molecular formula is C19H19N7O. The Kier molecular flexibility index (Phi) is 3.18. The van der Waals surface area contributed by atoms with Crippen LogP contribution in [0, 0.1) is 20.8 Å². The molecule has 27 heavy (non-hydrogen) atoms. The molecule has 0 aliphatic carbocycles. The minimum atomic E-state index is -0.304. The smallest absolute Gasteiger partial charge is 0.212 e. The summed E-state index contributed by atoms with van der Waals surface area (Å²) < 4.78 is 9.40. The van der Waals surface area contributed by atoms with Gasteiger partial charge in [0.2, 0.25) is 5.95 Å². The fourth-order valence-electron chi connectivity index (χ4n) is 3.79. The van der Waals surface area contributed by atoms with Crippen molar-refractivity contribution in [3.63, 3.8) is 0 Å². The lowest BCUT2D eigenvalue weighted by atomic mass is 10.1. The SMILES string of the molecule is Cc1cc(-n2c(C)cc([C@@H]3N=C(N)Nc4nc5ccccc5n43)c2C)no1. The number of aliphatic imine (C=N–C) groups is 1. The van der Waals surface area contributed by atoms with Crippen LogP contribution in [0.3, 0.4) is 0 Å². The third-order valence-electron chi connectivity index (χ3n) is 4.93. The summed E-state index contributed by atoms with van der Waals surface area (Å²) >= 11 is 0. The zero-order valence-electron chi connectivity index (χ0n) is 15.3. The Bertz CT molecular complexity index is 1210. The van der Waals surface area contributed by atoms with Gasteiger partial charge < -0.3 is 10.3 Å². The predicted octanol–water partition coefficient (Wildman–Crippen LogP) is 3.03. The first kappa shape index (κ1) is 15.7. The van der Waals surface area contributed by atoms with Crippen LogP contribution in [0.5, 0.6) is 0 Å². The second-order valence-corrected chi connectivity index (χ2v) is 6.76. The molecule has 0 fully saturated rings. The molecule has 0 saturated heterocycles. The summed E-state index contributed by atoms with van der Waals surface area (Å²) in [5.74, 6) is 2.57. The zero-order chi connectivity index (χ0) is 18.7. The molecule has 1 aliphatic rings. The highest BCUT2D eigenvalue weighted by Crippen LogP contribution is 2.35. The number of nitrogens with zero attached hydrogens (tertiary/aromatic N) is 5. The fraction of sp³-hybridized carbons (Fsp3) is 0.211. The quantitative estimate of drug-likeness (QED) is 0.572. The van der Waals surface area contributed by atoms with Crippen LogP contribution in [-0.4, -0.2) is 25.2 Å². The minimum absolute atomic E-state index is 0.304. The first-order valence-corrected chi connectivity index (χ1v) is 8.72. The summed E-state index contributed by atoms with van der Waals surface area (Å²) in [6.07, 6.45) is -0.304. The van der Waals surface area contributed by atoms with Crippen molar-refractivity contribution in [1.29, 1.82) is 0 Å². The Morgan fingerprint density at radius 3 is 2.74 bits per heavy atom. The molecule has 0 amide bonds. The number of hydrogen-bond acceptors (Lipinski definition) is 6. The van der Waals surface area contributed by atoms with Gasteiger partial charge in [-0.1, -0.05) is 17.3 Å². The summed E-state index contributed by atoms with van der Waals surface area (Å²) in [5.41, 5.74) is 11.1. The summed E-state index contributed by atoms with van der Waals surface area (Å²) in [7, 11) is 0. The molecule has 8 nitrogen and oxygen atoms in total. The van der Waals surface area contributed by atoms with Gasteiger partial charge in [-0.3, -0.25) is 14.5 Å². The molecule has 1 atom stereocenters. The number of benzene rings is 1. The van der Waals surface area contributed by atoms with Crippen LogP contribution in [0.25, 0.3) is 16.9 Å². The Morgan fingerprint density at radius 2 is 1.96 bits per heavy atom. The number of fused-ring (bicyclic) bond motifs is 3. The maximum absolute atomic E-state index is 6.06. The molecule has 1 aromatic carbocycles. The highest BCUT2D eigenvalue weighted by Gasteiger charge is 2.28. The molecule has 8 heteroatoms. The van der Waals surface area contributed by atoms with Gasteiger partial charge in [0.25, 0.3) is 0 Å². The largest absolute Gasteiger partial charge is 0.370 e. The lowest BCUT2D eigenvalue weighted by molar-refractivity contribution is 0.394. The van der Waals surface area contributed by atoms with E-state index < -0.39 is 0 Å². The molecule has 0 spiro atoms. The molecule has 3 N–H and O–H groups in total. The number of aromatic nitrogens is 4. The number of guanidine groups is 1. The molecule has 0 unspecified atom stereocenters. The van der Waals surface area contributed by atoms with Gasteiger partial charge in [0.05, 0.1) is 11.0 Å². The van der Waals surface area contributed by atoms with E-state index in [9.17, 15) is 0 Å². The Morgan fingerprint density at radius 1 is 1.15 bits per heavy atom. The molecule has 4 aromatic rings. The molecule has 3 aromatic heterocycles. The number of hydrogen-bond donors (Lipinski definition) is 2. The second kappa shape index (κ2) is 5.47. The summed E-state index contributed by atoms with van der Waals surface area (Å²) in [4.78, 5) is 9.34. The molecule has 0 saturated carbocycles. The van der Waals surface area contributed by atoms with Gasteiger partial charge >= 0.3 is 0 Å². The van der Waals surface area contributed by atoms with E-state index in [2.05, 4.69) is 42.6 Å². The molecule has 136 valence electrons. The average Bonchev–Trinajstić information content (AvgIpc) is 3.29. The van der Waals surface area contributed by atoms with Gasteiger partial charge in [-0.15, -0.1) is 0 Å². The summed E-state index contributed by atoms with van der Waals surface area (Å²) in [6.45, 7) is 5.98. The van der Waals surface area contributed by atoms with E-state index in [1.807, 2.05) is 44.2 Å². The van der Waals surface area contributed by atoms with Gasteiger partial charge in [-0.05, 0) is 39.0 Å². The van der Waals surface area contributed by atoms with Crippen molar-refractivity contribution < 1.29 is 4.52 Å². The number of nitrogens with one attached hydrogen (secondary N) is 1. The van der Waals surface area contributed by atoms with E-state index in [1.165, 1.54) is 0 Å². The van der Waals surface area contributed by atoms with Crippen molar-refractivity contribution in [3.8, 4) is 5.82 Å². The third-order valence-corrected chi connectivity index (χ3v) is 4.93. The maximum Gasteiger partial charge on any atom is 0.212 e. The zero-order valence-corrected chi connectivity index (χ0v) is 15.3. The van der Waals surface area contributed by atoms with E-state index in [0.29, 0.717) is 11.9 Å². The summed E-state index contributed by atoms with van der Waals surface area (Å²) in [5, 5.41) is 7.23. The van der Waals surface area contributed by atoms with Crippen molar-refractivity contribution in [2.45, 2.75) is 26.9 Å². The Balaban J connectivity index is 1.73. The van der Waals surface area contributed by atoms with Crippen LogP contribution in [0.4, 0.5) is 5.95 Å². The highest BCUT2D eigenvalue weighted by molar-refractivity contribution is 5.94. The summed E-state index contributed by atoms with van der Waals surface area (Å²) in [6, 6.07) is 12.0. The van der Waals surface area contributed by atoms with Gasteiger partial charge in [0, 0.05) is 23.0 Å². The molecule has 1 aliphatic heterocycles. The van der Waals surface area contributed by atoms with Crippen LogP contribution in [-0.2, 0) is 0 Å². The average molecular weight is 361 g/mol. The number of aryl methyl sites for hydroxylation is 2. The van der Waals surface area contributed by atoms with Gasteiger partial charge in [0.15, 0.2) is 17.9 Å². The van der Waals surface area contributed by atoms with Crippen LogP contribution < -0.4 is 11.1 Å². The van der Waals surface area contributed by atoms with Crippen molar-refractivity contribution in [2.75, 3.05) is 5.32 Å². The Hall–Kier alpha value is -3.55. The molecule has 5 rings (SSSR count). The number of anilines is 1. The standard InChI is InChI=1S/C19H19N7O/c1-10-8-13(12(3)25(10)16-9-11(2)27-24-16)17-22-18(20)23-19-21-14-6-4-5-7-15(14)26(17)19/h4-9,17H,1-3H3,(H3,20,21,22,23)/t17-/m1/s1. The van der Waals surface area contributed by atoms with Crippen LogP contribution in [0.15, 0.2) is 45.9 Å². The molecule has 0 bridgehead atoms. The first-order valence-electron chi connectivity index (χ1n) is 8.72. The minimum Gasteiger partial charge on any atom is -0.370 e. The van der Waals surface area contributed by atoms with Crippen LogP contribution >= 0.6 is 0 Å². The first-order chi connectivity index (χ1) is 13.0. The van der Waals surface area contributed by atoms with E-state index in [0.717, 1.165) is 39.6 Å². The van der Waals surface area contributed by atoms with Crippen LogP contribution in [0.1, 0.15) is 28.9 Å². The molecule has 0 radical (unpaired) electrons. The monoisotopic (exact) mass is 361 g/mol. The van der Waals surface area contributed by atoms with Crippen molar-refractivity contribution in [2.24, 2.45) is 10.7 Å². The van der Waals surface area contributed by atoms with Crippen molar-refractivity contribution in [1.82, 2.24) is 19.3 Å². The van der Waals surface area contributed by atoms with Crippen LogP contribution in [0.2, 0.25) is 0 Å². The number of imidazole rings is 1. The van der Waals surface area contributed by atoms with Gasteiger partial charge in [0.1, 0.15) is 5.76 Å². The van der Waals surface area contributed by atoms with Crippen molar-refractivity contribution >= 4 is 22.9 Å². The highest BCUT2D eigenvalue weighted by atomic mass is 16.5. The van der Waals surface area contributed by atoms with Crippen molar-refractivity contribution in [3.05, 3.63) is 59.1 Å². The second-order valence-electron chi connectivity index (χ2n) is 6.76. The fourth-order valence-corrected chi connectivity index (χ4v) is 3.79. The molecule has 4 heterocycles. The van der Waals surface area contributed by atoms with Gasteiger partial charge in [-0.2, -0.15) is 0 Å².